The number of sulfonamides is 1. The molecule has 6 nitrogen and oxygen atoms in total. The number of pyridine rings is 1. The lowest BCUT2D eigenvalue weighted by molar-refractivity contribution is 0.0696. The second-order valence-electron chi connectivity index (χ2n) is 5.28. The molecule has 1 aliphatic rings. The van der Waals surface area contributed by atoms with Gasteiger partial charge in [-0.05, 0) is 30.9 Å². The van der Waals surface area contributed by atoms with Gasteiger partial charge in [-0.15, -0.1) is 0 Å². The summed E-state index contributed by atoms with van der Waals surface area (Å²) in [5.41, 5.74) is -0.0322. The Bertz CT molecular complexity index is 583. The number of carboxylic acids is 1. The number of aromatic nitrogens is 1. The number of hydrogen-bond acceptors (Lipinski definition) is 4. The maximum absolute atomic E-state index is 12.2. The van der Waals surface area contributed by atoms with Crippen molar-refractivity contribution in [3.63, 3.8) is 0 Å². The smallest absolute Gasteiger partial charge is 0.337 e. The normalized spacial score (nSPS) is 23.4. The molecule has 1 aromatic rings. The SMILES string of the molecule is CC1CCCC(NS(=O)(=O)c2ccc(C(=O)O)cn2)C1. The van der Waals surface area contributed by atoms with Crippen LogP contribution in [0.4, 0.5) is 0 Å². The summed E-state index contributed by atoms with van der Waals surface area (Å²) in [6, 6.07) is 2.40. The van der Waals surface area contributed by atoms with E-state index in [0.29, 0.717) is 5.92 Å². The van der Waals surface area contributed by atoms with Gasteiger partial charge in [0.15, 0.2) is 5.03 Å². The van der Waals surface area contributed by atoms with Crippen molar-refractivity contribution in [1.29, 1.82) is 0 Å². The summed E-state index contributed by atoms with van der Waals surface area (Å²) in [6.45, 7) is 2.11. The first-order valence-electron chi connectivity index (χ1n) is 6.60. The lowest BCUT2D eigenvalue weighted by Crippen LogP contribution is -2.38. The Morgan fingerprint density at radius 2 is 2.15 bits per heavy atom. The van der Waals surface area contributed by atoms with Crippen LogP contribution in [0.5, 0.6) is 0 Å². The number of nitrogens with zero attached hydrogens (tertiary/aromatic N) is 1. The molecule has 110 valence electrons. The van der Waals surface area contributed by atoms with Crippen molar-refractivity contribution >= 4 is 16.0 Å². The summed E-state index contributed by atoms with van der Waals surface area (Å²) in [7, 11) is -3.68. The van der Waals surface area contributed by atoms with Crippen LogP contribution < -0.4 is 4.72 Å². The molecule has 0 amide bonds. The molecule has 0 aliphatic heterocycles. The Hall–Kier alpha value is -1.47. The number of nitrogens with one attached hydrogen (secondary N) is 1. The van der Waals surface area contributed by atoms with E-state index in [0.717, 1.165) is 31.9 Å². The molecular formula is C13H18N2O4S. The standard InChI is InChI=1S/C13H18N2O4S/c1-9-3-2-4-11(7-9)15-20(18,19)12-6-5-10(8-14-12)13(16)17/h5-6,8-9,11,15H,2-4,7H2,1H3,(H,16,17). The van der Waals surface area contributed by atoms with Crippen LogP contribution in [-0.4, -0.2) is 30.5 Å². The second-order valence-corrected chi connectivity index (χ2v) is 6.94. The molecule has 1 aromatic heterocycles. The summed E-state index contributed by atoms with van der Waals surface area (Å²) in [4.78, 5) is 14.4. The molecule has 1 aliphatic carbocycles. The fraction of sp³-hybridized carbons (Fsp3) is 0.538. The maximum Gasteiger partial charge on any atom is 0.337 e. The monoisotopic (exact) mass is 298 g/mol. The molecule has 2 atom stereocenters. The molecule has 1 fully saturated rings. The van der Waals surface area contributed by atoms with Gasteiger partial charge in [-0.2, -0.15) is 0 Å². The highest BCUT2D eigenvalue weighted by Crippen LogP contribution is 2.24. The zero-order valence-corrected chi connectivity index (χ0v) is 12.1. The molecule has 1 saturated carbocycles. The van der Waals surface area contributed by atoms with Gasteiger partial charge >= 0.3 is 5.97 Å². The van der Waals surface area contributed by atoms with Crippen LogP contribution in [0, 0.1) is 5.92 Å². The van der Waals surface area contributed by atoms with Crippen LogP contribution in [0.25, 0.3) is 0 Å². The summed E-state index contributed by atoms with van der Waals surface area (Å²) >= 11 is 0. The third-order valence-corrected chi connectivity index (χ3v) is 4.95. The molecule has 2 rings (SSSR count). The lowest BCUT2D eigenvalue weighted by atomic mass is 9.88. The van der Waals surface area contributed by atoms with Crippen LogP contribution in [0.2, 0.25) is 0 Å². The number of aromatic carboxylic acids is 1. The highest BCUT2D eigenvalue weighted by Gasteiger charge is 2.25. The van der Waals surface area contributed by atoms with Crippen LogP contribution in [-0.2, 0) is 10.0 Å². The molecule has 1 heterocycles. The first-order chi connectivity index (χ1) is 9.38. The lowest BCUT2D eigenvalue weighted by Gasteiger charge is -2.27. The molecule has 0 radical (unpaired) electrons. The van der Waals surface area contributed by atoms with Gasteiger partial charge in [0.1, 0.15) is 0 Å². The van der Waals surface area contributed by atoms with Crippen molar-refractivity contribution in [2.75, 3.05) is 0 Å². The van der Waals surface area contributed by atoms with Crippen LogP contribution in [0.1, 0.15) is 43.0 Å². The van der Waals surface area contributed by atoms with Gasteiger partial charge in [-0.1, -0.05) is 19.8 Å². The van der Waals surface area contributed by atoms with Crippen molar-refractivity contribution in [2.24, 2.45) is 5.92 Å². The first kappa shape index (κ1) is 14.9. The van der Waals surface area contributed by atoms with E-state index in [1.165, 1.54) is 12.1 Å². The maximum atomic E-state index is 12.2. The summed E-state index contributed by atoms with van der Waals surface area (Å²) < 4.78 is 27.0. The molecule has 7 heteroatoms. The average molecular weight is 298 g/mol. The van der Waals surface area contributed by atoms with E-state index in [1.54, 1.807) is 0 Å². The van der Waals surface area contributed by atoms with E-state index in [1.807, 2.05) is 0 Å². The highest BCUT2D eigenvalue weighted by atomic mass is 32.2. The Labute approximate surface area is 118 Å². The third-order valence-electron chi connectivity index (χ3n) is 3.52. The van der Waals surface area contributed by atoms with Crippen LogP contribution in [0.15, 0.2) is 23.4 Å². The van der Waals surface area contributed by atoms with Crippen molar-refractivity contribution in [2.45, 2.75) is 43.7 Å². The van der Waals surface area contributed by atoms with Gasteiger partial charge in [0.05, 0.1) is 5.56 Å². The molecule has 0 saturated heterocycles. The van der Waals surface area contributed by atoms with E-state index < -0.39 is 16.0 Å². The summed E-state index contributed by atoms with van der Waals surface area (Å²) in [5, 5.41) is 8.63. The fourth-order valence-corrected chi connectivity index (χ4v) is 3.70. The largest absolute Gasteiger partial charge is 0.478 e. The second kappa shape index (κ2) is 5.88. The van der Waals surface area contributed by atoms with E-state index in [4.69, 9.17) is 5.11 Å². The highest BCUT2D eigenvalue weighted by molar-refractivity contribution is 7.89. The predicted octanol–water partition coefficient (Wildman–Crippen LogP) is 1.64. The minimum Gasteiger partial charge on any atom is -0.478 e. The molecule has 0 aromatic carbocycles. The van der Waals surface area contributed by atoms with Gasteiger partial charge in [0.25, 0.3) is 10.0 Å². The molecule has 2 unspecified atom stereocenters. The third kappa shape index (κ3) is 3.55. The van der Waals surface area contributed by atoms with Gasteiger partial charge in [-0.25, -0.2) is 22.9 Å². The molecular weight excluding hydrogens is 280 g/mol. The van der Waals surface area contributed by atoms with Gasteiger partial charge in [0.2, 0.25) is 0 Å². The van der Waals surface area contributed by atoms with Gasteiger partial charge in [0, 0.05) is 12.2 Å². The van der Waals surface area contributed by atoms with Crippen LogP contribution in [0.3, 0.4) is 0 Å². The van der Waals surface area contributed by atoms with Gasteiger partial charge < -0.3 is 5.11 Å². The fourth-order valence-electron chi connectivity index (χ4n) is 2.49. The van der Waals surface area contributed by atoms with Crippen LogP contribution >= 0.6 is 0 Å². The minimum absolute atomic E-state index is 0.0322. The number of rotatable bonds is 4. The van der Waals surface area contributed by atoms with Crippen molar-refractivity contribution in [3.8, 4) is 0 Å². The summed E-state index contributed by atoms with van der Waals surface area (Å²) in [5.74, 6) is -0.616. The Morgan fingerprint density at radius 3 is 2.70 bits per heavy atom. The zero-order valence-electron chi connectivity index (χ0n) is 11.2. The first-order valence-corrected chi connectivity index (χ1v) is 8.08. The number of carbonyl (C=O) groups is 1. The molecule has 20 heavy (non-hydrogen) atoms. The molecule has 2 N–H and O–H groups in total. The Balaban J connectivity index is 2.11. The quantitative estimate of drug-likeness (QED) is 0.880. The number of hydrogen-bond donors (Lipinski definition) is 2. The van der Waals surface area contributed by atoms with Crippen molar-refractivity contribution in [3.05, 3.63) is 23.9 Å². The van der Waals surface area contributed by atoms with E-state index in [9.17, 15) is 13.2 Å². The Morgan fingerprint density at radius 1 is 1.40 bits per heavy atom. The van der Waals surface area contributed by atoms with Crippen molar-refractivity contribution < 1.29 is 18.3 Å². The average Bonchev–Trinajstić information content (AvgIpc) is 2.38. The topological polar surface area (TPSA) is 96.4 Å². The van der Waals surface area contributed by atoms with E-state index >= 15 is 0 Å². The summed E-state index contributed by atoms with van der Waals surface area (Å²) in [6.07, 6.45) is 4.85. The number of carboxylic acid groups (broad SMARTS) is 1. The van der Waals surface area contributed by atoms with Gasteiger partial charge in [-0.3, -0.25) is 0 Å². The predicted molar refractivity (Wildman–Crippen MR) is 72.9 cm³/mol. The molecule has 0 bridgehead atoms. The molecule has 0 spiro atoms. The minimum atomic E-state index is -3.68. The van der Waals surface area contributed by atoms with E-state index in [-0.39, 0.29) is 16.6 Å². The van der Waals surface area contributed by atoms with Crippen molar-refractivity contribution in [1.82, 2.24) is 9.71 Å². The zero-order chi connectivity index (χ0) is 14.8. The Kier molecular flexibility index (Phi) is 4.39. The van der Waals surface area contributed by atoms with E-state index in [2.05, 4.69) is 16.6 Å².